The molecule has 1 aliphatic rings. The number of carbonyl (C=O) groups is 1. The molecule has 1 aliphatic heterocycles. The highest BCUT2D eigenvalue weighted by Gasteiger charge is 2.28. The van der Waals surface area contributed by atoms with Crippen LogP contribution >= 0.6 is 0 Å². The summed E-state index contributed by atoms with van der Waals surface area (Å²) in [6, 6.07) is 6.58. The second kappa shape index (κ2) is 7.84. The lowest BCUT2D eigenvalue weighted by atomic mass is 10.1. The Balaban J connectivity index is 1.45. The van der Waals surface area contributed by atoms with Crippen molar-refractivity contribution in [2.75, 3.05) is 18.8 Å². The molecule has 1 saturated heterocycles. The number of benzene rings is 1. The van der Waals surface area contributed by atoms with Crippen molar-refractivity contribution in [3.05, 3.63) is 62.0 Å². The van der Waals surface area contributed by atoms with Gasteiger partial charge in [0.2, 0.25) is 5.91 Å². The van der Waals surface area contributed by atoms with Gasteiger partial charge in [0.1, 0.15) is 24.1 Å². The van der Waals surface area contributed by atoms with E-state index in [-0.39, 0.29) is 11.9 Å². The molecule has 0 radical (unpaired) electrons. The second-order valence-corrected chi connectivity index (χ2v) is 8.36. The molecular formula is C24H22N8O2. The first kappa shape index (κ1) is 20.2. The number of hydrogen-bond acceptors (Lipinski definition) is 7. The van der Waals surface area contributed by atoms with Crippen LogP contribution in [-0.4, -0.2) is 53.2 Å². The molecule has 1 amide bonds. The number of rotatable bonds is 4. The van der Waals surface area contributed by atoms with Crippen LogP contribution in [0.4, 0.5) is 5.82 Å². The van der Waals surface area contributed by atoms with Gasteiger partial charge in [-0.25, -0.2) is 19.6 Å². The molecule has 0 aliphatic carbocycles. The maximum atomic E-state index is 12.2. The quantitative estimate of drug-likeness (QED) is 0.413. The van der Waals surface area contributed by atoms with E-state index < -0.39 is 0 Å². The first-order valence-corrected chi connectivity index (χ1v) is 11.0. The van der Waals surface area contributed by atoms with Crippen LogP contribution in [0.25, 0.3) is 39.1 Å². The topological polar surface area (TPSA) is 121 Å². The molecule has 170 valence electrons. The largest absolute Gasteiger partial charge is 0.432 e. The molecule has 0 bridgehead atoms. The van der Waals surface area contributed by atoms with E-state index in [1.807, 2.05) is 33.8 Å². The van der Waals surface area contributed by atoms with Crippen LogP contribution in [0.2, 0.25) is 0 Å². The zero-order chi connectivity index (χ0) is 23.2. The highest BCUT2D eigenvalue weighted by Crippen LogP contribution is 2.35. The van der Waals surface area contributed by atoms with Crippen LogP contribution < -0.4 is 5.73 Å². The van der Waals surface area contributed by atoms with Crippen molar-refractivity contribution >= 4 is 33.5 Å². The number of oxazole rings is 1. The molecule has 0 saturated carbocycles. The van der Waals surface area contributed by atoms with Gasteiger partial charge in [-0.15, -0.1) is 0 Å². The summed E-state index contributed by atoms with van der Waals surface area (Å²) >= 11 is 0. The zero-order valence-corrected chi connectivity index (χ0v) is 18.3. The number of nitrogen functional groups attached to an aromatic ring is 1. The Kier molecular flexibility index (Phi) is 4.65. The van der Waals surface area contributed by atoms with E-state index in [1.54, 1.807) is 17.4 Å². The summed E-state index contributed by atoms with van der Waals surface area (Å²) in [6.45, 7) is 4.88. The number of fused-ring (bicyclic) bond motifs is 2. The van der Waals surface area contributed by atoms with Crippen LogP contribution in [0, 0.1) is 0 Å². The normalized spacial score (nSPS) is 16.4. The molecule has 4 aromatic heterocycles. The first-order valence-electron chi connectivity index (χ1n) is 11.0. The van der Waals surface area contributed by atoms with Crippen LogP contribution in [0.5, 0.6) is 0 Å². The van der Waals surface area contributed by atoms with Gasteiger partial charge in [-0.3, -0.25) is 9.36 Å². The predicted molar refractivity (Wildman–Crippen MR) is 127 cm³/mol. The first-order chi connectivity index (χ1) is 16.6. The fraction of sp³-hybridized carbons (Fsp3) is 0.208. The maximum Gasteiger partial charge on any atom is 0.305 e. The number of piperidine rings is 1. The molecule has 10 nitrogen and oxygen atoms in total. The molecule has 0 spiro atoms. The monoisotopic (exact) mass is 454 g/mol. The smallest absolute Gasteiger partial charge is 0.305 e. The van der Waals surface area contributed by atoms with E-state index in [9.17, 15) is 4.79 Å². The van der Waals surface area contributed by atoms with Gasteiger partial charge in [0, 0.05) is 36.4 Å². The lowest BCUT2D eigenvalue weighted by Gasteiger charge is -2.32. The number of hydrogen-bond donors (Lipinski definition) is 1. The molecule has 34 heavy (non-hydrogen) atoms. The van der Waals surface area contributed by atoms with Gasteiger partial charge in [-0.1, -0.05) is 18.7 Å². The number of carbonyl (C=O) groups excluding carboxylic acids is 1. The van der Waals surface area contributed by atoms with Crippen molar-refractivity contribution in [1.82, 2.24) is 34.2 Å². The van der Waals surface area contributed by atoms with E-state index in [0.717, 1.165) is 29.2 Å². The Morgan fingerprint density at radius 2 is 2.09 bits per heavy atom. The number of amides is 1. The maximum absolute atomic E-state index is 12.2. The molecule has 5 heterocycles. The fourth-order valence-electron chi connectivity index (χ4n) is 4.68. The minimum atomic E-state index is -0.0727. The summed E-state index contributed by atoms with van der Waals surface area (Å²) in [5.41, 5.74) is 8.59. The van der Waals surface area contributed by atoms with Gasteiger partial charge >= 0.3 is 6.01 Å². The molecule has 1 atom stereocenters. The van der Waals surface area contributed by atoms with E-state index in [4.69, 9.17) is 15.2 Å². The van der Waals surface area contributed by atoms with E-state index in [2.05, 4.69) is 27.6 Å². The number of anilines is 1. The second-order valence-electron chi connectivity index (χ2n) is 8.36. The summed E-state index contributed by atoms with van der Waals surface area (Å²) < 4.78 is 9.15. The zero-order valence-electron chi connectivity index (χ0n) is 18.3. The molecule has 1 aromatic carbocycles. The number of likely N-dealkylation sites (tertiary alicyclic amines) is 1. The summed E-state index contributed by atoms with van der Waals surface area (Å²) in [7, 11) is 0. The molecule has 0 unspecified atom stereocenters. The van der Waals surface area contributed by atoms with E-state index >= 15 is 0 Å². The SMILES string of the molecule is C=CC(=O)N1CCC[C@@H](n2nc(-c3ccc4cn(-c5ncco5)cc4c3)c3c(N)ncnc32)C1. The predicted octanol–water partition coefficient (Wildman–Crippen LogP) is 3.36. The number of nitrogens with two attached hydrogens (primary N) is 1. The van der Waals surface area contributed by atoms with Crippen molar-refractivity contribution < 1.29 is 9.21 Å². The van der Waals surface area contributed by atoms with Gasteiger partial charge in [-0.2, -0.15) is 5.10 Å². The van der Waals surface area contributed by atoms with Gasteiger partial charge in [-0.05, 0) is 30.4 Å². The van der Waals surface area contributed by atoms with Crippen LogP contribution in [0.3, 0.4) is 0 Å². The average Bonchev–Trinajstić information content (AvgIpc) is 3.61. The van der Waals surface area contributed by atoms with Crippen molar-refractivity contribution in [3.63, 3.8) is 0 Å². The van der Waals surface area contributed by atoms with Crippen LogP contribution in [0.15, 0.2) is 66.5 Å². The van der Waals surface area contributed by atoms with Gasteiger partial charge in [0.15, 0.2) is 5.65 Å². The Morgan fingerprint density at radius 3 is 2.91 bits per heavy atom. The summed E-state index contributed by atoms with van der Waals surface area (Å²) in [6.07, 6.45) is 11.7. The summed E-state index contributed by atoms with van der Waals surface area (Å²) in [5.74, 6) is 0.301. The van der Waals surface area contributed by atoms with Crippen LogP contribution in [-0.2, 0) is 4.79 Å². The molecule has 2 N–H and O–H groups in total. The minimum Gasteiger partial charge on any atom is -0.432 e. The highest BCUT2D eigenvalue weighted by molar-refractivity contribution is 6.00. The fourth-order valence-corrected chi connectivity index (χ4v) is 4.68. The van der Waals surface area contributed by atoms with Crippen molar-refractivity contribution in [2.24, 2.45) is 0 Å². The van der Waals surface area contributed by atoms with Gasteiger partial charge in [0.05, 0.1) is 17.6 Å². The lowest BCUT2D eigenvalue weighted by molar-refractivity contribution is -0.127. The Labute approximate surface area is 194 Å². The highest BCUT2D eigenvalue weighted by atomic mass is 16.4. The molecule has 10 heteroatoms. The summed E-state index contributed by atoms with van der Waals surface area (Å²) in [5, 5.41) is 7.72. The molecular weight excluding hydrogens is 432 g/mol. The molecule has 5 aromatic rings. The Bertz CT molecular complexity index is 1530. The van der Waals surface area contributed by atoms with E-state index in [0.29, 0.717) is 41.6 Å². The molecule has 6 rings (SSSR count). The Hall–Kier alpha value is -4.47. The van der Waals surface area contributed by atoms with Crippen LogP contribution in [0.1, 0.15) is 18.9 Å². The van der Waals surface area contributed by atoms with E-state index in [1.165, 1.54) is 12.4 Å². The van der Waals surface area contributed by atoms with Gasteiger partial charge < -0.3 is 15.1 Å². The van der Waals surface area contributed by atoms with Crippen molar-refractivity contribution in [2.45, 2.75) is 18.9 Å². The average molecular weight is 454 g/mol. The lowest BCUT2D eigenvalue weighted by Crippen LogP contribution is -2.40. The number of aromatic nitrogens is 6. The third-order valence-electron chi connectivity index (χ3n) is 6.30. The molecule has 1 fully saturated rings. The summed E-state index contributed by atoms with van der Waals surface area (Å²) in [4.78, 5) is 27.0. The standard InChI is InChI=1S/C24H22N8O2/c1-2-19(33)30-8-3-4-18(13-30)32-23-20(22(25)27-14-28-23)21(29-32)15-5-6-16-11-31(12-17(16)10-15)24-26-7-9-34-24/h2,5-7,9-12,14,18H,1,3-4,8,13H2,(H2,25,27,28)/t18-/m1/s1. The third kappa shape index (κ3) is 3.22. The number of nitrogens with zero attached hydrogens (tertiary/aromatic N) is 7. The van der Waals surface area contributed by atoms with Gasteiger partial charge in [0.25, 0.3) is 0 Å². The Morgan fingerprint density at radius 1 is 1.21 bits per heavy atom. The minimum absolute atomic E-state index is 0.0157. The van der Waals surface area contributed by atoms with Crippen molar-refractivity contribution in [3.8, 4) is 17.3 Å². The third-order valence-corrected chi connectivity index (χ3v) is 6.30. The van der Waals surface area contributed by atoms with Crippen molar-refractivity contribution in [1.29, 1.82) is 0 Å².